The SMILES string of the molecule is CCC(=O)Cc1cc2cc(CC(=O)C3(c4ccc5c(c4)OCO5)CC3)ccc2[nH]1. The van der Waals surface area contributed by atoms with E-state index in [1.165, 1.54) is 0 Å². The van der Waals surface area contributed by atoms with Crippen LogP contribution in [-0.2, 0) is 27.8 Å². The number of nitrogens with one attached hydrogen (secondary N) is 1. The second-order valence-corrected chi connectivity index (χ2v) is 8.04. The van der Waals surface area contributed by atoms with Gasteiger partial charge in [0.05, 0.1) is 5.41 Å². The minimum Gasteiger partial charge on any atom is -0.454 e. The highest BCUT2D eigenvalue weighted by atomic mass is 16.7. The van der Waals surface area contributed by atoms with E-state index in [9.17, 15) is 9.59 Å². The quantitative estimate of drug-likeness (QED) is 0.656. The molecule has 0 radical (unpaired) electrons. The Bertz CT molecular complexity index is 1120. The zero-order chi connectivity index (χ0) is 20.0. The molecule has 1 fully saturated rings. The van der Waals surface area contributed by atoms with Gasteiger partial charge in [-0.05, 0) is 59.7 Å². The molecular weight excluding hydrogens is 366 g/mol. The van der Waals surface area contributed by atoms with Crippen LogP contribution < -0.4 is 9.47 Å². The molecule has 1 saturated carbocycles. The Hall–Kier alpha value is -3.08. The third kappa shape index (κ3) is 3.20. The van der Waals surface area contributed by atoms with Crippen LogP contribution in [0, 0.1) is 0 Å². The van der Waals surface area contributed by atoms with E-state index in [1.54, 1.807) is 0 Å². The highest BCUT2D eigenvalue weighted by molar-refractivity contribution is 5.95. The van der Waals surface area contributed by atoms with Gasteiger partial charge >= 0.3 is 0 Å². The first kappa shape index (κ1) is 18.0. The zero-order valence-corrected chi connectivity index (χ0v) is 16.4. The average molecular weight is 389 g/mol. The van der Waals surface area contributed by atoms with Crippen molar-refractivity contribution in [3.63, 3.8) is 0 Å². The third-order valence-electron chi connectivity index (χ3n) is 6.10. The molecule has 2 aromatic carbocycles. The van der Waals surface area contributed by atoms with Gasteiger partial charge in [-0.25, -0.2) is 0 Å². The van der Waals surface area contributed by atoms with E-state index in [-0.39, 0.29) is 18.4 Å². The lowest BCUT2D eigenvalue weighted by Gasteiger charge is -2.15. The molecule has 1 N–H and O–H groups in total. The predicted molar refractivity (Wildman–Crippen MR) is 109 cm³/mol. The molecule has 148 valence electrons. The van der Waals surface area contributed by atoms with E-state index in [0.717, 1.165) is 52.1 Å². The maximum absolute atomic E-state index is 13.2. The summed E-state index contributed by atoms with van der Waals surface area (Å²) in [5, 5.41) is 1.04. The predicted octanol–water partition coefficient (Wildman–Crippen LogP) is 4.26. The van der Waals surface area contributed by atoms with E-state index >= 15 is 0 Å². The van der Waals surface area contributed by atoms with Gasteiger partial charge in [0.15, 0.2) is 11.5 Å². The Morgan fingerprint density at radius 2 is 1.83 bits per heavy atom. The number of carbonyl (C=O) groups is 2. The van der Waals surface area contributed by atoms with Gasteiger partial charge in [0.25, 0.3) is 0 Å². The van der Waals surface area contributed by atoms with Gasteiger partial charge in [-0.3, -0.25) is 9.59 Å². The van der Waals surface area contributed by atoms with Crippen LogP contribution in [0.15, 0.2) is 42.5 Å². The second-order valence-electron chi connectivity index (χ2n) is 8.04. The van der Waals surface area contributed by atoms with E-state index in [4.69, 9.17) is 9.47 Å². The molecular formula is C24H23NO4. The van der Waals surface area contributed by atoms with Gasteiger partial charge in [-0.1, -0.05) is 19.1 Å². The number of benzene rings is 2. The van der Waals surface area contributed by atoms with Crippen LogP contribution >= 0.6 is 0 Å². The molecule has 2 aliphatic rings. The van der Waals surface area contributed by atoms with Crippen LogP contribution in [0.1, 0.15) is 43.0 Å². The molecule has 0 amide bonds. The normalized spacial score (nSPS) is 16.2. The Morgan fingerprint density at radius 1 is 1.00 bits per heavy atom. The van der Waals surface area contributed by atoms with Crippen molar-refractivity contribution >= 4 is 22.5 Å². The molecule has 5 rings (SSSR count). The Morgan fingerprint density at radius 3 is 2.62 bits per heavy atom. The summed E-state index contributed by atoms with van der Waals surface area (Å²) in [5.74, 6) is 1.93. The van der Waals surface area contributed by atoms with Crippen molar-refractivity contribution in [2.24, 2.45) is 0 Å². The molecule has 0 spiro atoms. The number of ether oxygens (including phenoxy) is 2. The number of rotatable bonds is 7. The Kier molecular flexibility index (Phi) is 4.19. The maximum Gasteiger partial charge on any atom is 0.231 e. The Balaban J connectivity index is 1.36. The highest BCUT2D eigenvalue weighted by Gasteiger charge is 2.50. The van der Waals surface area contributed by atoms with E-state index in [2.05, 4.69) is 11.1 Å². The first-order chi connectivity index (χ1) is 14.1. The summed E-state index contributed by atoms with van der Waals surface area (Å²) in [7, 11) is 0. The lowest BCUT2D eigenvalue weighted by molar-refractivity contribution is -0.121. The first-order valence-corrected chi connectivity index (χ1v) is 10.1. The standard InChI is InChI=1S/C24H23NO4/c1-2-19(26)13-18-11-16-9-15(3-5-20(16)25-18)10-23(27)24(7-8-24)17-4-6-21-22(12-17)29-14-28-21/h3-6,9,11-12,25H,2,7-8,10,13-14H2,1H3. The number of hydrogen-bond acceptors (Lipinski definition) is 4. The minimum absolute atomic E-state index is 0.214. The molecule has 1 aliphatic heterocycles. The van der Waals surface area contributed by atoms with Crippen LogP contribution in [0.3, 0.4) is 0 Å². The minimum atomic E-state index is -0.396. The lowest BCUT2D eigenvalue weighted by atomic mass is 9.87. The molecule has 0 atom stereocenters. The average Bonchev–Trinajstić information content (AvgIpc) is 3.23. The van der Waals surface area contributed by atoms with E-state index < -0.39 is 5.41 Å². The largest absolute Gasteiger partial charge is 0.454 e. The van der Waals surface area contributed by atoms with Gasteiger partial charge in [-0.15, -0.1) is 0 Å². The topological polar surface area (TPSA) is 68.4 Å². The van der Waals surface area contributed by atoms with Crippen molar-refractivity contribution in [1.29, 1.82) is 0 Å². The van der Waals surface area contributed by atoms with E-state index in [1.807, 2.05) is 43.3 Å². The van der Waals surface area contributed by atoms with Gasteiger partial charge < -0.3 is 14.5 Å². The van der Waals surface area contributed by atoms with Gasteiger partial charge in [0.2, 0.25) is 6.79 Å². The molecule has 1 aliphatic carbocycles. The molecule has 1 aromatic heterocycles. The second kappa shape index (κ2) is 6.76. The van der Waals surface area contributed by atoms with E-state index in [0.29, 0.717) is 19.3 Å². The number of carbonyl (C=O) groups excluding carboxylic acids is 2. The summed E-state index contributed by atoms with van der Waals surface area (Å²) in [6, 6.07) is 13.9. The number of fused-ring (bicyclic) bond motifs is 2. The number of ketones is 2. The molecule has 0 saturated heterocycles. The van der Waals surface area contributed by atoms with Crippen molar-refractivity contribution < 1.29 is 19.1 Å². The fourth-order valence-corrected chi connectivity index (χ4v) is 4.19. The van der Waals surface area contributed by atoms with Gasteiger partial charge in [-0.2, -0.15) is 0 Å². The number of H-pyrrole nitrogens is 1. The summed E-state index contributed by atoms with van der Waals surface area (Å²) in [5.41, 5.74) is 3.55. The van der Waals surface area contributed by atoms with Crippen molar-refractivity contribution in [3.05, 3.63) is 59.3 Å². The molecule has 3 aromatic rings. The maximum atomic E-state index is 13.2. The summed E-state index contributed by atoms with van der Waals surface area (Å²) < 4.78 is 10.9. The van der Waals surface area contributed by atoms with Crippen LogP contribution in [0.25, 0.3) is 10.9 Å². The first-order valence-electron chi connectivity index (χ1n) is 10.1. The van der Waals surface area contributed by atoms with Crippen molar-refractivity contribution in [3.8, 4) is 11.5 Å². The highest BCUT2D eigenvalue weighted by Crippen LogP contribution is 2.51. The summed E-state index contributed by atoms with van der Waals surface area (Å²) in [6.45, 7) is 2.12. The zero-order valence-electron chi connectivity index (χ0n) is 16.4. The van der Waals surface area contributed by atoms with Crippen molar-refractivity contribution in [2.75, 3.05) is 6.79 Å². The fourth-order valence-electron chi connectivity index (χ4n) is 4.19. The summed E-state index contributed by atoms with van der Waals surface area (Å²) in [4.78, 5) is 28.2. The number of hydrogen-bond donors (Lipinski definition) is 1. The van der Waals surface area contributed by atoms with Crippen molar-refractivity contribution in [1.82, 2.24) is 4.98 Å². The lowest BCUT2D eigenvalue weighted by Crippen LogP contribution is -2.22. The molecule has 0 unspecified atom stereocenters. The van der Waals surface area contributed by atoms with Gasteiger partial charge in [0, 0.05) is 30.5 Å². The van der Waals surface area contributed by atoms with Crippen LogP contribution in [-0.4, -0.2) is 23.3 Å². The monoisotopic (exact) mass is 389 g/mol. The van der Waals surface area contributed by atoms with Crippen molar-refractivity contribution in [2.45, 2.75) is 44.4 Å². The summed E-state index contributed by atoms with van der Waals surface area (Å²) >= 11 is 0. The summed E-state index contributed by atoms with van der Waals surface area (Å²) in [6.07, 6.45) is 3.12. The number of aromatic amines is 1. The van der Waals surface area contributed by atoms with Gasteiger partial charge in [0.1, 0.15) is 11.6 Å². The third-order valence-corrected chi connectivity index (χ3v) is 6.10. The number of Topliss-reactive ketones (excluding diaryl/α,β-unsaturated/α-hetero) is 2. The molecule has 2 heterocycles. The van der Waals surface area contributed by atoms with Crippen LogP contribution in [0.2, 0.25) is 0 Å². The fraction of sp³-hybridized carbons (Fsp3) is 0.333. The Labute approximate surface area is 169 Å². The van der Waals surface area contributed by atoms with Crippen LogP contribution in [0.4, 0.5) is 0 Å². The molecule has 0 bridgehead atoms. The molecule has 5 heteroatoms. The molecule has 5 nitrogen and oxygen atoms in total. The number of aromatic nitrogens is 1. The smallest absolute Gasteiger partial charge is 0.231 e. The van der Waals surface area contributed by atoms with Crippen LogP contribution in [0.5, 0.6) is 11.5 Å². The molecule has 29 heavy (non-hydrogen) atoms.